The maximum atomic E-state index is 12.7. The van der Waals surface area contributed by atoms with Gasteiger partial charge < -0.3 is 20.4 Å². The lowest BCUT2D eigenvalue weighted by molar-refractivity contribution is -0.137. The van der Waals surface area contributed by atoms with Gasteiger partial charge in [-0.05, 0) is 44.9 Å². The van der Waals surface area contributed by atoms with Crippen molar-refractivity contribution in [1.82, 2.24) is 15.6 Å². The molecule has 3 N–H and O–H groups in total. The largest absolute Gasteiger partial charge is 0.463 e. The summed E-state index contributed by atoms with van der Waals surface area (Å²) in [5.41, 5.74) is 2.43. The summed E-state index contributed by atoms with van der Waals surface area (Å²) >= 11 is 0. The van der Waals surface area contributed by atoms with Crippen LogP contribution in [0.25, 0.3) is 10.9 Å². The normalized spacial score (nSPS) is 17.6. The lowest BCUT2D eigenvalue weighted by atomic mass is 9.98. The molecule has 0 bridgehead atoms. The van der Waals surface area contributed by atoms with E-state index in [9.17, 15) is 14.4 Å². The fourth-order valence-electron chi connectivity index (χ4n) is 3.37. The van der Waals surface area contributed by atoms with E-state index in [1.54, 1.807) is 19.1 Å². The Bertz CT molecular complexity index is 916. The van der Waals surface area contributed by atoms with E-state index in [0.717, 1.165) is 16.5 Å². The number of ether oxygens (including phenoxy) is 1. The van der Waals surface area contributed by atoms with Gasteiger partial charge in [0.2, 0.25) is 5.91 Å². The third-order valence-electron chi connectivity index (χ3n) is 4.79. The van der Waals surface area contributed by atoms with E-state index in [-0.39, 0.29) is 24.3 Å². The highest BCUT2D eigenvalue weighted by atomic mass is 16.5. The second-order valence-electron chi connectivity index (χ2n) is 6.98. The predicted molar refractivity (Wildman–Crippen MR) is 106 cm³/mol. The first kappa shape index (κ1) is 19.7. The first-order valence-corrected chi connectivity index (χ1v) is 9.49. The fraction of sp³-hybridized carbons (Fsp3) is 0.381. The van der Waals surface area contributed by atoms with Crippen LogP contribution in [0.1, 0.15) is 35.8 Å². The number of rotatable bonds is 7. The Labute approximate surface area is 163 Å². The van der Waals surface area contributed by atoms with Crippen molar-refractivity contribution in [3.8, 4) is 0 Å². The van der Waals surface area contributed by atoms with Crippen LogP contribution in [-0.2, 0) is 14.3 Å². The standard InChI is InChI=1S/C21H25N3O4/c1-3-28-19(25)7-5-16(11-14-8-9-22-20(14)26)23-21(27)18-12-15-10-13(2)4-6-17(15)24-18/h4-7,10,12,14,16,24H,3,8-9,11H2,1-2H3,(H,22,26)(H,23,27)/t14-,16+/m0/s1. The zero-order valence-corrected chi connectivity index (χ0v) is 16.1. The minimum Gasteiger partial charge on any atom is -0.463 e. The number of hydrogen-bond acceptors (Lipinski definition) is 4. The van der Waals surface area contributed by atoms with Crippen LogP contribution in [0.5, 0.6) is 0 Å². The van der Waals surface area contributed by atoms with Gasteiger partial charge >= 0.3 is 5.97 Å². The molecule has 1 aliphatic rings. The average Bonchev–Trinajstić information content (AvgIpc) is 3.25. The predicted octanol–water partition coefficient (Wildman–Crippen LogP) is 2.22. The number of aromatic amines is 1. The summed E-state index contributed by atoms with van der Waals surface area (Å²) in [5, 5.41) is 6.66. The van der Waals surface area contributed by atoms with Crippen LogP contribution in [0.2, 0.25) is 0 Å². The Morgan fingerprint density at radius 3 is 2.89 bits per heavy atom. The van der Waals surface area contributed by atoms with Crippen molar-refractivity contribution in [3.05, 3.63) is 47.7 Å². The number of carbonyl (C=O) groups excluding carboxylic acids is 3. The number of aryl methyl sites for hydroxylation is 1. The highest BCUT2D eigenvalue weighted by molar-refractivity contribution is 5.98. The van der Waals surface area contributed by atoms with E-state index in [2.05, 4.69) is 15.6 Å². The molecule has 1 saturated heterocycles. The molecule has 2 atom stereocenters. The molecule has 1 aromatic carbocycles. The van der Waals surface area contributed by atoms with Gasteiger partial charge in [-0.3, -0.25) is 9.59 Å². The number of hydrogen-bond donors (Lipinski definition) is 3. The van der Waals surface area contributed by atoms with E-state index in [1.165, 1.54) is 6.08 Å². The van der Waals surface area contributed by atoms with Crippen molar-refractivity contribution >= 4 is 28.7 Å². The SMILES string of the molecule is CCOC(=O)C=C[C@H](C[C@@H]1CCNC1=O)NC(=O)c1cc2cc(C)ccc2[nH]1. The molecule has 28 heavy (non-hydrogen) atoms. The zero-order valence-electron chi connectivity index (χ0n) is 16.1. The number of nitrogens with one attached hydrogen (secondary N) is 3. The van der Waals surface area contributed by atoms with Crippen LogP contribution in [0.3, 0.4) is 0 Å². The Morgan fingerprint density at radius 1 is 1.36 bits per heavy atom. The lowest BCUT2D eigenvalue weighted by Gasteiger charge is -2.17. The topological polar surface area (TPSA) is 100 Å². The first-order valence-electron chi connectivity index (χ1n) is 9.49. The quantitative estimate of drug-likeness (QED) is 0.504. The van der Waals surface area contributed by atoms with Gasteiger partial charge in [0.05, 0.1) is 6.61 Å². The van der Waals surface area contributed by atoms with Gasteiger partial charge in [0.25, 0.3) is 5.91 Å². The highest BCUT2D eigenvalue weighted by Crippen LogP contribution is 2.19. The first-order chi connectivity index (χ1) is 13.5. The number of fused-ring (bicyclic) bond motifs is 1. The molecule has 1 fully saturated rings. The highest BCUT2D eigenvalue weighted by Gasteiger charge is 2.27. The number of H-pyrrole nitrogens is 1. The average molecular weight is 383 g/mol. The van der Waals surface area contributed by atoms with Gasteiger partial charge in [-0.1, -0.05) is 17.7 Å². The van der Waals surface area contributed by atoms with Crippen molar-refractivity contribution in [2.45, 2.75) is 32.7 Å². The van der Waals surface area contributed by atoms with Crippen LogP contribution in [0.15, 0.2) is 36.4 Å². The number of aromatic nitrogens is 1. The number of benzene rings is 1. The van der Waals surface area contributed by atoms with Gasteiger partial charge in [0.15, 0.2) is 0 Å². The third kappa shape index (κ3) is 4.79. The molecule has 0 unspecified atom stereocenters. The summed E-state index contributed by atoms with van der Waals surface area (Å²) in [7, 11) is 0. The maximum Gasteiger partial charge on any atom is 0.330 e. The Balaban J connectivity index is 1.74. The van der Waals surface area contributed by atoms with Crippen molar-refractivity contribution in [1.29, 1.82) is 0 Å². The molecule has 1 aliphatic heterocycles. The van der Waals surface area contributed by atoms with Crippen LogP contribution in [-0.4, -0.2) is 42.0 Å². The van der Waals surface area contributed by atoms with E-state index in [0.29, 0.717) is 25.1 Å². The lowest BCUT2D eigenvalue weighted by Crippen LogP contribution is -2.36. The van der Waals surface area contributed by atoms with Gasteiger partial charge in [-0.2, -0.15) is 0 Å². The van der Waals surface area contributed by atoms with E-state index < -0.39 is 12.0 Å². The van der Waals surface area contributed by atoms with Gasteiger partial charge in [-0.25, -0.2) is 4.79 Å². The Kier molecular flexibility index (Phi) is 6.13. The van der Waals surface area contributed by atoms with Crippen LogP contribution >= 0.6 is 0 Å². The summed E-state index contributed by atoms with van der Waals surface area (Å²) in [4.78, 5) is 39.4. The zero-order chi connectivity index (χ0) is 20.1. The molecule has 2 heterocycles. The molecule has 0 radical (unpaired) electrons. The molecule has 3 rings (SSSR count). The molecule has 0 saturated carbocycles. The van der Waals surface area contributed by atoms with E-state index in [1.807, 2.05) is 25.1 Å². The Hall–Kier alpha value is -3.09. The third-order valence-corrected chi connectivity index (χ3v) is 4.79. The van der Waals surface area contributed by atoms with Gasteiger partial charge in [0, 0.05) is 35.5 Å². The van der Waals surface area contributed by atoms with Gasteiger partial charge in [0.1, 0.15) is 5.69 Å². The number of esters is 1. The molecule has 2 aromatic rings. The summed E-state index contributed by atoms with van der Waals surface area (Å²) in [5.74, 6) is -0.975. The van der Waals surface area contributed by atoms with Crippen molar-refractivity contribution in [2.75, 3.05) is 13.2 Å². The van der Waals surface area contributed by atoms with Crippen molar-refractivity contribution in [3.63, 3.8) is 0 Å². The van der Waals surface area contributed by atoms with Crippen LogP contribution in [0, 0.1) is 12.8 Å². The minimum absolute atomic E-state index is 0.0233. The molecule has 1 aromatic heterocycles. The molecule has 0 spiro atoms. The molecule has 7 heteroatoms. The van der Waals surface area contributed by atoms with E-state index >= 15 is 0 Å². The number of carbonyl (C=O) groups is 3. The molecule has 2 amide bonds. The molecule has 148 valence electrons. The van der Waals surface area contributed by atoms with Crippen molar-refractivity contribution < 1.29 is 19.1 Å². The van der Waals surface area contributed by atoms with Crippen molar-refractivity contribution in [2.24, 2.45) is 5.92 Å². The number of amides is 2. The smallest absolute Gasteiger partial charge is 0.330 e. The molecule has 0 aliphatic carbocycles. The summed E-state index contributed by atoms with van der Waals surface area (Å²) in [6, 6.07) is 7.25. The fourth-order valence-corrected chi connectivity index (χ4v) is 3.37. The second-order valence-corrected chi connectivity index (χ2v) is 6.98. The monoisotopic (exact) mass is 383 g/mol. The maximum absolute atomic E-state index is 12.7. The molecule has 7 nitrogen and oxygen atoms in total. The minimum atomic E-state index is -0.473. The van der Waals surface area contributed by atoms with Crippen LogP contribution < -0.4 is 10.6 Å². The Morgan fingerprint density at radius 2 is 2.18 bits per heavy atom. The molecular formula is C21H25N3O4. The summed E-state index contributed by atoms with van der Waals surface area (Å²) < 4.78 is 4.90. The summed E-state index contributed by atoms with van der Waals surface area (Å²) in [6.45, 7) is 4.63. The summed E-state index contributed by atoms with van der Waals surface area (Å²) in [6.07, 6.45) is 4.03. The van der Waals surface area contributed by atoms with E-state index in [4.69, 9.17) is 4.74 Å². The molecular weight excluding hydrogens is 358 g/mol. The second kappa shape index (κ2) is 8.73. The van der Waals surface area contributed by atoms with Crippen LogP contribution in [0.4, 0.5) is 0 Å². The van der Waals surface area contributed by atoms with Gasteiger partial charge in [-0.15, -0.1) is 0 Å².